The van der Waals surface area contributed by atoms with Gasteiger partial charge >= 0.3 is 11.9 Å². The summed E-state index contributed by atoms with van der Waals surface area (Å²) in [5, 5.41) is 26.1. The van der Waals surface area contributed by atoms with E-state index in [0.717, 1.165) is 101 Å². The zero-order valence-corrected chi connectivity index (χ0v) is 52.4. The Morgan fingerprint density at radius 2 is 0.905 bits per heavy atom. The van der Waals surface area contributed by atoms with Gasteiger partial charge in [-0.1, -0.05) is 91.2 Å². The van der Waals surface area contributed by atoms with Gasteiger partial charge in [0.15, 0.2) is 11.2 Å². The van der Waals surface area contributed by atoms with Crippen molar-refractivity contribution >= 4 is 11.9 Å². The minimum Gasteiger partial charge on any atom is -0.462 e. The van der Waals surface area contributed by atoms with E-state index in [1.165, 1.54) is 38.5 Å². The van der Waals surface area contributed by atoms with Gasteiger partial charge in [-0.2, -0.15) is 0 Å². The molecule has 0 aromatic heterocycles. The van der Waals surface area contributed by atoms with Crippen LogP contribution in [0.3, 0.4) is 0 Å². The lowest BCUT2D eigenvalue weighted by Crippen LogP contribution is -2.64. The van der Waals surface area contributed by atoms with E-state index in [9.17, 15) is 19.8 Å². The Bertz CT molecular complexity index is 2670. The summed E-state index contributed by atoms with van der Waals surface area (Å²) in [4.78, 5) is 26.6. The largest absolute Gasteiger partial charge is 0.462 e. The number of carbonyl (C=O) groups is 2. The zero-order valence-electron chi connectivity index (χ0n) is 52.4. The number of hydrogen-bond acceptors (Lipinski definition) is 10. The average molecular weight is 1150 g/mol. The van der Waals surface area contributed by atoms with Crippen molar-refractivity contribution in [2.75, 3.05) is 13.2 Å². The highest BCUT2D eigenvalue weighted by molar-refractivity contribution is 5.70. The highest BCUT2D eigenvalue weighted by atomic mass is 16.7. The van der Waals surface area contributed by atoms with Gasteiger partial charge in [0.2, 0.25) is 11.6 Å². The van der Waals surface area contributed by atoms with Crippen molar-refractivity contribution in [3.63, 3.8) is 0 Å². The van der Waals surface area contributed by atoms with Gasteiger partial charge in [0, 0.05) is 35.8 Å². The molecule has 458 valence electrons. The van der Waals surface area contributed by atoms with Gasteiger partial charge in [-0.25, -0.2) is 0 Å². The van der Waals surface area contributed by atoms with Crippen molar-refractivity contribution in [1.29, 1.82) is 0 Å². The van der Waals surface area contributed by atoms with Crippen LogP contribution in [0.5, 0.6) is 0 Å². The van der Waals surface area contributed by atoms with E-state index in [2.05, 4.69) is 91.2 Å². The Morgan fingerprint density at radius 3 is 1.32 bits per heavy atom. The predicted octanol–water partition coefficient (Wildman–Crippen LogP) is 13.7. The Balaban J connectivity index is 0.718. The minimum atomic E-state index is -1.50. The number of rotatable bonds is 0. The second kappa shape index (κ2) is 21.2. The molecule has 10 heteroatoms. The minimum absolute atomic E-state index is 0.00122. The first-order valence-corrected chi connectivity index (χ1v) is 34.4. The van der Waals surface area contributed by atoms with Crippen molar-refractivity contribution < 1.29 is 48.2 Å². The molecule has 4 saturated heterocycles. The number of esters is 2. The molecule has 16 aliphatic heterocycles. The van der Waals surface area contributed by atoms with Crippen LogP contribution in [-0.4, -0.2) is 82.6 Å². The first kappa shape index (κ1) is 58.5. The van der Waals surface area contributed by atoms with Gasteiger partial charge in [-0.15, -0.1) is 0 Å². The topological polar surface area (TPSA) is 130 Å². The van der Waals surface area contributed by atoms with E-state index >= 15 is 0 Å². The molecule has 1 aromatic rings. The van der Waals surface area contributed by atoms with Crippen LogP contribution in [0, 0.1) is 128 Å². The summed E-state index contributed by atoms with van der Waals surface area (Å²) in [5.74, 6) is 16.6. The molecule has 25 rings (SSSR count). The Kier molecular flexibility index (Phi) is 14.8. The van der Waals surface area contributed by atoms with Crippen LogP contribution in [0.1, 0.15) is 221 Å². The maximum Gasteiger partial charge on any atom is 0.306 e. The Morgan fingerprint density at radius 1 is 0.500 bits per heavy atom. The third kappa shape index (κ3) is 9.03. The van der Waals surface area contributed by atoms with Crippen molar-refractivity contribution in [2.24, 2.45) is 105 Å². The van der Waals surface area contributed by atoms with Crippen LogP contribution in [-0.2, 0) is 38.0 Å². The fourth-order valence-corrected chi connectivity index (χ4v) is 24.1. The third-order valence-corrected chi connectivity index (χ3v) is 27.9. The van der Waals surface area contributed by atoms with Crippen molar-refractivity contribution in [2.45, 2.75) is 257 Å². The lowest BCUT2D eigenvalue weighted by Gasteiger charge is -2.61. The van der Waals surface area contributed by atoms with E-state index < -0.39 is 22.8 Å². The number of aliphatic hydroxyl groups is 2. The predicted molar refractivity (Wildman–Crippen MR) is 321 cm³/mol. The Labute approximate surface area is 503 Å². The summed E-state index contributed by atoms with van der Waals surface area (Å²) in [6.07, 6.45) is 27.1. The fourth-order valence-electron chi connectivity index (χ4n) is 24.1. The van der Waals surface area contributed by atoms with Crippen LogP contribution >= 0.6 is 0 Å². The van der Waals surface area contributed by atoms with E-state index in [0.29, 0.717) is 86.2 Å². The van der Waals surface area contributed by atoms with Crippen LogP contribution in [0.4, 0.5) is 0 Å². The molecule has 0 unspecified atom stereocenters. The summed E-state index contributed by atoms with van der Waals surface area (Å²) in [5.41, 5.74) is -0.792. The molecule has 22 bridgehead atoms. The van der Waals surface area contributed by atoms with Crippen LogP contribution in [0.2, 0.25) is 0 Å². The summed E-state index contributed by atoms with van der Waals surface area (Å²) >= 11 is 0. The number of hydrogen-bond donors (Lipinski definition) is 2. The van der Waals surface area contributed by atoms with Gasteiger partial charge in [-0.05, 0) is 258 Å². The number of ether oxygens (including phenoxy) is 6. The second-order valence-electron chi connectivity index (χ2n) is 32.2. The van der Waals surface area contributed by atoms with Crippen LogP contribution < -0.4 is 0 Å². The Hall–Kier alpha value is -3.22. The molecule has 26 atom stereocenters. The van der Waals surface area contributed by atoms with Crippen molar-refractivity contribution in [3.8, 4) is 23.7 Å². The number of carbonyl (C=O) groups excluding carboxylic acids is 2. The van der Waals surface area contributed by atoms with Crippen molar-refractivity contribution in [1.82, 2.24) is 0 Å². The highest BCUT2D eigenvalue weighted by Gasteiger charge is 2.76. The summed E-state index contributed by atoms with van der Waals surface area (Å²) in [6, 6.07) is 7.94. The lowest BCUT2D eigenvalue weighted by molar-refractivity contribution is -0.339. The second-order valence-corrected chi connectivity index (χ2v) is 32.2. The molecule has 24 aliphatic rings. The van der Waals surface area contributed by atoms with Crippen LogP contribution in [0.15, 0.2) is 36.4 Å². The third-order valence-electron chi connectivity index (χ3n) is 27.9. The number of allylic oxidation sites excluding steroid dienone is 2. The van der Waals surface area contributed by atoms with Gasteiger partial charge < -0.3 is 38.6 Å². The van der Waals surface area contributed by atoms with Gasteiger partial charge in [0.25, 0.3) is 0 Å². The highest BCUT2D eigenvalue weighted by Crippen LogP contribution is 2.74. The van der Waals surface area contributed by atoms with E-state index in [-0.39, 0.29) is 93.5 Å². The molecule has 0 radical (unpaired) electrons. The van der Waals surface area contributed by atoms with E-state index in [1.54, 1.807) is 0 Å². The monoisotopic (exact) mass is 1150 g/mol. The zero-order chi connectivity index (χ0) is 58.4. The van der Waals surface area contributed by atoms with Gasteiger partial charge in [-0.3, -0.25) is 9.59 Å². The molecule has 12 fully saturated rings. The molecule has 2 spiro atoms. The summed E-state index contributed by atoms with van der Waals surface area (Å²) in [7, 11) is 0. The molecule has 16 heterocycles. The number of fused-ring (bicyclic) bond motifs is 2. The van der Waals surface area contributed by atoms with E-state index in [4.69, 9.17) is 28.4 Å². The maximum absolute atomic E-state index is 13.3. The fraction of sp³-hybridized carbons (Fsp3) is 0.811. The lowest BCUT2D eigenvalue weighted by atomic mass is 9.44. The smallest absolute Gasteiger partial charge is 0.306 e. The van der Waals surface area contributed by atoms with Gasteiger partial charge in [0.1, 0.15) is 12.2 Å². The average Bonchev–Trinajstić information content (AvgIpc) is 1.53. The molecule has 0 amide bonds. The van der Waals surface area contributed by atoms with Gasteiger partial charge in [0.05, 0.1) is 25.4 Å². The maximum atomic E-state index is 13.3. The normalized spacial score (nSPS) is 53.2. The molecule has 1 aromatic carbocycles. The van der Waals surface area contributed by atoms with Crippen LogP contribution in [0.25, 0.3) is 0 Å². The van der Waals surface area contributed by atoms with Crippen molar-refractivity contribution in [3.05, 3.63) is 47.5 Å². The molecule has 8 saturated carbocycles. The molecular weight excluding hydrogens is 1050 g/mol. The molecule has 8 aliphatic carbocycles. The molecule has 10 nitrogen and oxygen atoms in total. The standard InChI is InChI=1S/C74H102O10/c1-45-41-71(77)35-25-49-17-19-50(20-18-49)26-36-72(78)42-46(2)44-80-74(72)48(4)66-62(84-74)40-60-56-24-22-52-38-54(28-32-68(52,6)58(56)30-34-70(60,66)8)82-64(76)16-14-12-10-9-11-13-15-63(75)81-53-27-31-67(5)51(37-53)21-23-55-57(67)29-33-69(7)59(55)39-61-65(69)47(3)73(71,83-61)79-43-45/h9-10,17-20,45-48,51-62,65-66,77-78H,11-16,21-24,27-34,37-44H2,1-8H3/t45-,46-,47-,48-,51+,52+,53-,54-,55+,56+,57-,58-,59-,60-,61-,62-,65-,66-,67-,68-,69-,70-,71+,72+,73-,74-/m0/s1. The van der Waals surface area contributed by atoms with E-state index in [1.807, 2.05) is 24.3 Å². The summed E-state index contributed by atoms with van der Waals surface area (Å²) < 4.78 is 40.9. The first-order chi connectivity index (χ1) is 40.1. The number of benzene rings is 1. The molecule has 84 heavy (non-hydrogen) atoms. The first-order valence-electron chi connectivity index (χ1n) is 34.4. The SMILES string of the molecule is C[C@@H]1CO[C@]23O[C@H]4C[C@H]5[C@@H]6CC[C@@H]7C[C@H](CC[C@]7(C)[C@H]6CC[C@]5(C)[C@H]4[C@@H]2C)OC(=O)CCCC=CCCCC(=O)O[C@H]2CC[C@@]4(C)[C@H](CC[C@@H]5[C@@H]4CC[C@]4(C)[C@@H]6[C@H](C[C@@H]54)O[C@@]4(OC[C@@H](C)C[C@]4(O)C#Cc4ccc(cc4)C#C[C@@]3(O)C1)[C@H]6C)C2. The molecule has 2 N–H and O–H groups in total. The summed E-state index contributed by atoms with van der Waals surface area (Å²) in [6.45, 7) is 20.2. The molecular formula is C74H102O10. The quantitative estimate of drug-likeness (QED) is 0.147.